The predicted octanol–water partition coefficient (Wildman–Crippen LogP) is 8.51. The zero-order valence-electron chi connectivity index (χ0n) is 23.3. The summed E-state index contributed by atoms with van der Waals surface area (Å²) in [5, 5.41) is 3.40. The van der Waals surface area contributed by atoms with Crippen LogP contribution >= 0.6 is 0 Å². The molecule has 1 heterocycles. The Morgan fingerprint density at radius 2 is 1.19 bits per heavy atom. The van der Waals surface area contributed by atoms with Crippen molar-refractivity contribution in [2.24, 2.45) is 0 Å². The summed E-state index contributed by atoms with van der Waals surface area (Å²) < 4.78 is 2.17. The Labute approximate surface area is 221 Å². The van der Waals surface area contributed by atoms with Gasteiger partial charge in [0.1, 0.15) is 6.33 Å². The molecule has 0 aliphatic rings. The molecule has 1 aromatic heterocycles. The average molecular weight is 491 g/mol. The van der Waals surface area contributed by atoms with Gasteiger partial charge in [-0.25, -0.2) is 4.98 Å². The number of anilines is 3. The first-order chi connectivity index (χ1) is 17.6. The number of nitrogens with zero attached hydrogens (tertiary/aromatic N) is 2. The fourth-order valence-electron chi connectivity index (χ4n) is 4.59. The molecule has 190 valence electrons. The Hall–Kier alpha value is -4.05. The van der Waals surface area contributed by atoms with Crippen molar-refractivity contribution < 1.29 is 0 Å². The molecule has 0 aliphatic heterocycles. The number of hydrogen-bond donors (Lipinski definition) is 2. The van der Waals surface area contributed by atoms with E-state index in [0.29, 0.717) is 0 Å². The molecule has 0 unspecified atom stereocenters. The Bertz CT molecular complexity index is 1540. The van der Waals surface area contributed by atoms with Gasteiger partial charge in [0.05, 0.1) is 22.4 Å². The van der Waals surface area contributed by atoms with E-state index in [0.717, 1.165) is 28.1 Å². The molecule has 0 atom stereocenters. The summed E-state index contributed by atoms with van der Waals surface area (Å²) >= 11 is 0. The molecule has 0 aliphatic carbocycles. The third-order valence-electron chi connectivity index (χ3n) is 7.50. The summed E-state index contributed by atoms with van der Waals surface area (Å²) in [6.07, 6.45) is 1.92. The second-order valence-corrected chi connectivity index (χ2v) is 10.2. The summed E-state index contributed by atoms with van der Waals surface area (Å²) in [5.41, 5.74) is 22.7. The highest BCUT2D eigenvalue weighted by atomic mass is 15.0. The van der Waals surface area contributed by atoms with E-state index in [1.54, 1.807) is 0 Å². The van der Waals surface area contributed by atoms with Crippen LogP contribution in [0.25, 0.3) is 16.7 Å². The number of aryl methyl sites for hydroxylation is 6. The zero-order valence-corrected chi connectivity index (χ0v) is 23.3. The van der Waals surface area contributed by atoms with Crippen LogP contribution < -0.4 is 11.1 Å². The maximum atomic E-state index is 6.07. The first-order valence-corrected chi connectivity index (χ1v) is 12.8. The lowest BCUT2D eigenvalue weighted by Gasteiger charge is -2.14. The first-order valence-electron chi connectivity index (χ1n) is 12.8. The number of hydrogen-bond acceptors (Lipinski definition) is 3. The van der Waals surface area contributed by atoms with Crippen molar-refractivity contribution in [3.05, 3.63) is 111 Å². The summed E-state index contributed by atoms with van der Waals surface area (Å²) in [6.45, 7) is 17.0. The molecule has 4 heteroatoms. The third-order valence-corrected chi connectivity index (χ3v) is 7.50. The summed E-state index contributed by atoms with van der Waals surface area (Å²) in [7, 11) is 0. The molecule has 5 rings (SSSR count). The van der Waals surface area contributed by atoms with Gasteiger partial charge in [-0.05, 0) is 136 Å². The summed E-state index contributed by atoms with van der Waals surface area (Å²) in [4.78, 5) is 4.54. The van der Waals surface area contributed by atoms with Gasteiger partial charge in [0.2, 0.25) is 0 Å². The maximum absolute atomic E-state index is 6.07. The van der Waals surface area contributed by atoms with Crippen molar-refractivity contribution in [2.45, 2.75) is 55.4 Å². The Morgan fingerprint density at radius 1 is 0.649 bits per heavy atom. The fraction of sp³-hybridized carbons (Fsp3) is 0.242. The number of nitrogens with two attached hydrogens (primary N) is 1. The van der Waals surface area contributed by atoms with E-state index < -0.39 is 0 Å². The van der Waals surface area contributed by atoms with Crippen LogP contribution in [-0.4, -0.2) is 9.55 Å². The van der Waals surface area contributed by atoms with E-state index in [9.17, 15) is 0 Å². The van der Waals surface area contributed by atoms with Gasteiger partial charge in [-0.15, -0.1) is 0 Å². The quantitative estimate of drug-likeness (QED) is 0.249. The lowest BCUT2D eigenvalue weighted by molar-refractivity contribution is 1.07. The van der Waals surface area contributed by atoms with Crippen LogP contribution in [0.5, 0.6) is 0 Å². The van der Waals surface area contributed by atoms with E-state index in [1.165, 1.54) is 50.1 Å². The number of benzene rings is 4. The Kier molecular flexibility index (Phi) is 7.40. The Balaban J connectivity index is 0.000000173. The van der Waals surface area contributed by atoms with Gasteiger partial charge in [-0.2, -0.15) is 0 Å². The molecule has 0 spiro atoms. The molecule has 5 aromatic rings. The van der Waals surface area contributed by atoms with Crippen molar-refractivity contribution in [1.82, 2.24) is 9.55 Å². The highest BCUT2D eigenvalue weighted by Gasteiger charge is 2.08. The van der Waals surface area contributed by atoms with Gasteiger partial charge in [0, 0.05) is 11.4 Å². The van der Waals surface area contributed by atoms with Crippen LogP contribution in [0.2, 0.25) is 0 Å². The van der Waals surface area contributed by atoms with Gasteiger partial charge in [-0.3, -0.25) is 4.57 Å². The lowest BCUT2D eigenvalue weighted by Crippen LogP contribution is -1.99. The molecule has 4 nitrogen and oxygen atoms in total. The third kappa shape index (κ3) is 5.39. The topological polar surface area (TPSA) is 55.9 Å². The van der Waals surface area contributed by atoms with Crippen molar-refractivity contribution in [2.75, 3.05) is 11.1 Å². The van der Waals surface area contributed by atoms with Crippen molar-refractivity contribution >= 4 is 28.1 Å². The fourth-order valence-corrected chi connectivity index (χ4v) is 4.59. The van der Waals surface area contributed by atoms with E-state index in [1.807, 2.05) is 31.5 Å². The van der Waals surface area contributed by atoms with Crippen LogP contribution in [0.1, 0.15) is 44.5 Å². The van der Waals surface area contributed by atoms with E-state index >= 15 is 0 Å². The number of nitrogen functional groups attached to an aromatic ring is 1. The molecule has 0 radical (unpaired) electrons. The standard InChI is InChI=1S/C17H18N2.C16H20N2/c1-11-6-5-7-16-17(11)18-10-19(16)15-8-12(2)14(4)13(3)9-15;1-10-6-5-7-15(16(10)17)18-14-8-11(2)13(4)12(3)9-14/h5-10H,1-4H3;5-9,18H,17H2,1-4H3. The number of para-hydroxylation sites is 2. The number of imidazole rings is 1. The first kappa shape index (κ1) is 26.0. The van der Waals surface area contributed by atoms with Crippen LogP contribution in [0.3, 0.4) is 0 Å². The van der Waals surface area contributed by atoms with Gasteiger partial charge < -0.3 is 11.1 Å². The number of nitrogens with one attached hydrogen (secondary N) is 1. The van der Waals surface area contributed by atoms with E-state index in [2.05, 4.69) is 106 Å². The molecule has 0 bridgehead atoms. The van der Waals surface area contributed by atoms with Crippen molar-refractivity contribution in [1.29, 1.82) is 0 Å². The molecule has 0 saturated heterocycles. The number of rotatable bonds is 3. The van der Waals surface area contributed by atoms with Crippen molar-refractivity contribution in [3.63, 3.8) is 0 Å². The highest BCUT2D eigenvalue weighted by Crippen LogP contribution is 2.28. The van der Waals surface area contributed by atoms with Gasteiger partial charge >= 0.3 is 0 Å². The second kappa shape index (κ2) is 10.5. The lowest BCUT2D eigenvalue weighted by atomic mass is 10.0. The highest BCUT2D eigenvalue weighted by molar-refractivity contribution is 5.80. The van der Waals surface area contributed by atoms with Gasteiger partial charge in [0.25, 0.3) is 0 Å². The molecule has 0 saturated carbocycles. The normalized spacial score (nSPS) is 10.8. The van der Waals surface area contributed by atoms with E-state index in [-0.39, 0.29) is 0 Å². The predicted molar refractivity (Wildman–Crippen MR) is 160 cm³/mol. The van der Waals surface area contributed by atoms with Crippen LogP contribution in [0, 0.1) is 55.4 Å². The van der Waals surface area contributed by atoms with Crippen LogP contribution in [0.15, 0.2) is 67.0 Å². The minimum Gasteiger partial charge on any atom is -0.397 e. The molecular weight excluding hydrogens is 452 g/mol. The molecule has 0 fully saturated rings. The average Bonchev–Trinajstić information content (AvgIpc) is 3.29. The smallest absolute Gasteiger partial charge is 0.100 e. The summed E-state index contributed by atoms with van der Waals surface area (Å²) in [6, 6.07) is 21.1. The molecular formula is C33H38N4. The van der Waals surface area contributed by atoms with Crippen molar-refractivity contribution in [3.8, 4) is 5.69 Å². The van der Waals surface area contributed by atoms with Gasteiger partial charge in [0.15, 0.2) is 0 Å². The van der Waals surface area contributed by atoms with Crippen LogP contribution in [0.4, 0.5) is 17.1 Å². The molecule has 3 N–H and O–H groups in total. The van der Waals surface area contributed by atoms with E-state index in [4.69, 9.17) is 5.73 Å². The molecule has 4 aromatic carbocycles. The largest absolute Gasteiger partial charge is 0.397 e. The van der Waals surface area contributed by atoms with Gasteiger partial charge in [-0.1, -0.05) is 24.3 Å². The maximum Gasteiger partial charge on any atom is 0.100 e. The number of fused-ring (bicyclic) bond motifs is 1. The molecule has 0 amide bonds. The Morgan fingerprint density at radius 3 is 1.81 bits per heavy atom. The minimum atomic E-state index is 0.813. The minimum absolute atomic E-state index is 0.813. The zero-order chi connectivity index (χ0) is 26.9. The summed E-state index contributed by atoms with van der Waals surface area (Å²) in [5.74, 6) is 0. The second-order valence-electron chi connectivity index (χ2n) is 10.2. The SMILES string of the molecule is Cc1cc(-n2cnc3c(C)cccc32)cc(C)c1C.Cc1cc(Nc2cccc(C)c2N)cc(C)c1C. The monoisotopic (exact) mass is 490 g/mol. The van der Waals surface area contributed by atoms with Crippen LogP contribution in [-0.2, 0) is 0 Å². The molecule has 37 heavy (non-hydrogen) atoms. The number of aromatic nitrogens is 2.